The summed E-state index contributed by atoms with van der Waals surface area (Å²) in [4.78, 5) is 49.8. The number of benzene rings is 2. The Morgan fingerprint density at radius 2 is 1.07 bits per heavy atom. The molecule has 2 aliphatic rings. The van der Waals surface area contributed by atoms with Crippen LogP contribution in [0.3, 0.4) is 0 Å². The van der Waals surface area contributed by atoms with Crippen molar-refractivity contribution in [3.8, 4) is 0 Å². The van der Waals surface area contributed by atoms with E-state index in [-0.39, 0.29) is 47.7 Å². The van der Waals surface area contributed by atoms with Crippen LogP contribution in [0.5, 0.6) is 0 Å². The van der Waals surface area contributed by atoms with Gasteiger partial charge < -0.3 is 14.7 Å². The van der Waals surface area contributed by atoms with Gasteiger partial charge in [-0.05, 0) is 136 Å². The van der Waals surface area contributed by atoms with E-state index in [0.717, 1.165) is 107 Å². The van der Waals surface area contributed by atoms with Crippen LogP contribution in [0.2, 0.25) is 0 Å². The van der Waals surface area contributed by atoms with Crippen LogP contribution in [0.15, 0.2) is 60.9 Å². The molecular weight excluding hydrogens is 972 g/mol. The van der Waals surface area contributed by atoms with Gasteiger partial charge in [-0.1, -0.05) is 23.3 Å². The average molecular weight is 1040 g/mol. The number of hydrogen-bond acceptors (Lipinski definition) is 12. The Hall–Kier alpha value is -6.32. The van der Waals surface area contributed by atoms with Crippen molar-refractivity contribution < 1.29 is 41.1 Å². The lowest BCUT2D eigenvalue weighted by atomic mass is 9.97. The molecule has 384 valence electrons. The van der Waals surface area contributed by atoms with Crippen LogP contribution in [0.4, 0.5) is 16.2 Å². The highest BCUT2D eigenvalue weighted by atomic mass is 35.5. The molecule has 0 unspecified atom stereocenters. The minimum Gasteiger partial charge on any atom is -0.478 e. The SMILES string of the molecule is Cc1ccc(NS(C)(=O)=O)c(C(=O)N2CCCC[C@H]2c2cc3nc(C)c(C)cn3n2)c1.Cc1ccc(NS(C)(=O)=O)c(C(=O)O)c1.Cc1cn2nc([C@@H]3CCCCN3C(=O)OC(C)(C)C)cc2nc1C.Cl. The van der Waals surface area contributed by atoms with E-state index in [4.69, 9.17) is 14.9 Å². The molecule has 2 aliphatic heterocycles. The first kappa shape index (κ1) is 55.6. The van der Waals surface area contributed by atoms with Crippen LogP contribution in [0.1, 0.15) is 137 Å². The molecule has 4 aromatic heterocycles. The van der Waals surface area contributed by atoms with Crippen molar-refractivity contribution in [2.24, 2.45) is 0 Å². The van der Waals surface area contributed by atoms with Crippen molar-refractivity contribution >= 4 is 73.1 Å². The largest absolute Gasteiger partial charge is 0.478 e. The van der Waals surface area contributed by atoms with Gasteiger partial charge in [-0.3, -0.25) is 19.1 Å². The third-order valence-corrected chi connectivity index (χ3v) is 13.0. The van der Waals surface area contributed by atoms with Gasteiger partial charge >= 0.3 is 12.1 Å². The Labute approximate surface area is 421 Å². The second kappa shape index (κ2) is 22.4. The minimum absolute atomic E-state index is 0. The zero-order valence-electron chi connectivity index (χ0n) is 42.1. The number of aromatic nitrogens is 6. The van der Waals surface area contributed by atoms with E-state index < -0.39 is 31.6 Å². The number of anilines is 2. The number of carbonyl (C=O) groups is 3. The predicted molar refractivity (Wildman–Crippen MR) is 276 cm³/mol. The maximum Gasteiger partial charge on any atom is 0.410 e. The van der Waals surface area contributed by atoms with E-state index in [0.29, 0.717) is 24.3 Å². The number of carbonyl (C=O) groups excluding carboxylic acids is 2. The van der Waals surface area contributed by atoms with Crippen molar-refractivity contribution in [2.45, 2.75) is 119 Å². The van der Waals surface area contributed by atoms with Gasteiger partial charge in [-0.15, -0.1) is 12.4 Å². The fraction of sp³-hybridized carbons (Fsp3) is 0.449. The zero-order chi connectivity index (χ0) is 51.5. The number of carboxylic acid groups (broad SMARTS) is 1. The summed E-state index contributed by atoms with van der Waals surface area (Å²) in [5.74, 6) is -1.36. The monoisotopic (exact) mass is 1040 g/mol. The van der Waals surface area contributed by atoms with E-state index in [9.17, 15) is 31.2 Å². The summed E-state index contributed by atoms with van der Waals surface area (Å²) in [5.41, 5.74) is 9.20. The fourth-order valence-electron chi connectivity index (χ4n) is 8.22. The molecule has 0 aliphatic carbocycles. The number of piperidine rings is 2. The molecule has 2 amide bonds. The number of aryl methyl sites for hydroxylation is 6. The van der Waals surface area contributed by atoms with Crippen LogP contribution < -0.4 is 9.44 Å². The molecule has 2 atom stereocenters. The van der Waals surface area contributed by atoms with Gasteiger partial charge in [0, 0.05) is 49.0 Å². The molecule has 2 fully saturated rings. The van der Waals surface area contributed by atoms with E-state index in [2.05, 4.69) is 24.5 Å². The van der Waals surface area contributed by atoms with Crippen molar-refractivity contribution in [1.82, 2.24) is 39.0 Å². The van der Waals surface area contributed by atoms with Crippen molar-refractivity contribution in [2.75, 3.05) is 35.0 Å². The van der Waals surface area contributed by atoms with E-state index in [1.54, 1.807) is 40.2 Å². The first-order chi connectivity index (χ1) is 32.7. The molecule has 8 rings (SSSR count). The Morgan fingerprint density at radius 1 is 0.648 bits per heavy atom. The number of sulfonamides is 2. The first-order valence-corrected chi connectivity index (χ1v) is 26.8. The Morgan fingerprint density at radius 3 is 1.51 bits per heavy atom. The number of nitrogens with zero attached hydrogens (tertiary/aromatic N) is 8. The molecule has 6 heterocycles. The summed E-state index contributed by atoms with van der Waals surface area (Å²) in [5, 5.41) is 18.2. The van der Waals surface area contributed by atoms with E-state index >= 15 is 0 Å². The summed E-state index contributed by atoms with van der Waals surface area (Å²) in [6, 6.07) is 13.3. The number of hydrogen-bond donors (Lipinski definition) is 3. The second-order valence-electron chi connectivity index (χ2n) is 19.1. The number of fused-ring (bicyclic) bond motifs is 2. The summed E-state index contributed by atoms with van der Waals surface area (Å²) < 4.78 is 59.3. The molecule has 19 nitrogen and oxygen atoms in total. The van der Waals surface area contributed by atoms with Gasteiger partial charge in [-0.2, -0.15) is 10.2 Å². The van der Waals surface area contributed by atoms with Crippen LogP contribution in [-0.2, 0) is 24.8 Å². The molecule has 71 heavy (non-hydrogen) atoms. The van der Waals surface area contributed by atoms with Gasteiger partial charge in [0.15, 0.2) is 11.3 Å². The Bertz CT molecular complexity index is 3090. The third kappa shape index (κ3) is 14.6. The number of halogens is 1. The third-order valence-electron chi connectivity index (χ3n) is 11.8. The molecule has 6 aromatic rings. The van der Waals surface area contributed by atoms with E-state index in [1.165, 1.54) is 12.1 Å². The number of rotatable bonds is 8. The highest BCUT2D eigenvalue weighted by Crippen LogP contribution is 2.35. The number of amides is 2. The van der Waals surface area contributed by atoms with Crippen LogP contribution in [-0.4, -0.2) is 110 Å². The number of ether oxygens (including phenoxy) is 1. The molecule has 2 saturated heterocycles. The van der Waals surface area contributed by atoms with Crippen LogP contribution >= 0.6 is 12.4 Å². The molecule has 0 radical (unpaired) electrons. The Balaban J connectivity index is 0.000000209. The summed E-state index contributed by atoms with van der Waals surface area (Å²) in [6.45, 7) is 18.6. The molecule has 0 spiro atoms. The summed E-state index contributed by atoms with van der Waals surface area (Å²) in [6.07, 6.45) is 11.4. The van der Waals surface area contributed by atoms with Gasteiger partial charge in [0.05, 0.1) is 58.5 Å². The highest BCUT2D eigenvalue weighted by Gasteiger charge is 2.34. The summed E-state index contributed by atoms with van der Waals surface area (Å²) in [7, 11) is -6.97. The molecule has 0 bridgehead atoms. The van der Waals surface area contributed by atoms with Crippen molar-refractivity contribution in [1.29, 1.82) is 0 Å². The molecule has 0 saturated carbocycles. The molecular formula is C49H65ClN10O9S2. The van der Waals surface area contributed by atoms with Crippen molar-refractivity contribution in [3.05, 3.63) is 117 Å². The normalized spacial score (nSPS) is 16.2. The number of aromatic carboxylic acids is 1. The van der Waals surface area contributed by atoms with E-state index in [1.807, 2.05) is 89.7 Å². The van der Waals surface area contributed by atoms with Crippen LogP contribution in [0.25, 0.3) is 11.3 Å². The summed E-state index contributed by atoms with van der Waals surface area (Å²) >= 11 is 0. The molecule has 22 heteroatoms. The van der Waals surface area contributed by atoms with Gasteiger partial charge in [0.1, 0.15) is 5.60 Å². The standard InChI is InChI=1S/C22H27N5O3S.C18H26N4O2.C9H11NO4S.ClH/c1-14-8-9-18(25-31(4,29)30)17(11-14)22(28)26-10-6-5-7-20(26)19-12-21-23-16(3)15(2)13-27(21)24-19;1-12-11-22-16(19-13(12)2)10-14(20-22)15-8-6-7-9-21(15)17(23)24-18(3,4)5;1-6-3-4-8(10-15(2,13)14)7(5-6)9(11)12;/h8-9,11-13,20,25H,5-7,10H2,1-4H3;10-11,15H,6-9H2,1-5H3;3-5,10H,1-2H3,(H,11,12);1H/t20-;15-;;/m00../s1. The quantitative estimate of drug-likeness (QED) is 0.129. The lowest BCUT2D eigenvalue weighted by Gasteiger charge is -2.35. The maximum absolute atomic E-state index is 13.6. The maximum atomic E-state index is 13.6. The number of carboxylic acids is 1. The zero-order valence-corrected chi connectivity index (χ0v) is 44.6. The van der Waals surface area contributed by atoms with Gasteiger partial charge in [0.25, 0.3) is 5.91 Å². The molecule has 2 aromatic carbocycles. The Kier molecular flexibility index (Phi) is 17.5. The molecule has 3 N–H and O–H groups in total. The van der Waals surface area contributed by atoms with Gasteiger partial charge in [0.2, 0.25) is 20.0 Å². The van der Waals surface area contributed by atoms with Crippen molar-refractivity contribution in [3.63, 3.8) is 0 Å². The highest BCUT2D eigenvalue weighted by molar-refractivity contribution is 7.92. The first-order valence-electron chi connectivity index (χ1n) is 23.0. The lowest BCUT2D eigenvalue weighted by molar-refractivity contribution is 0.00893. The predicted octanol–water partition coefficient (Wildman–Crippen LogP) is 8.69. The topological polar surface area (TPSA) is 240 Å². The van der Waals surface area contributed by atoms with Crippen LogP contribution in [0, 0.1) is 41.5 Å². The smallest absolute Gasteiger partial charge is 0.410 e. The fourth-order valence-corrected chi connectivity index (χ4v) is 9.38. The number of nitrogens with one attached hydrogen (secondary N) is 2. The lowest BCUT2D eigenvalue weighted by Crippen LogP contribution is -2.42. The van der Waals surface area contributed by atoms with Gasteiger partial charge in [-0.25, -0.2) is 45.4 Å². The minimum atomic E-state index is -3.51. The average Bonchev–Trinajstić information content (AvgIpc) is 3.87. The second-order valence-corrected chi connectivity index (χ2v) is 22.6. The number of likely N-dealkylation sites (tertiary alicyclic amines) is 2.